The maximum Gasteiger partial charge on any atom is 0.223 e. The molecular formula is C7H8N4O2. The van der Waals surface area contributed by atoms with E-state index in [0.29, 0.717) is 29.9 Å². The lowest BCUT2D eigenvalue weighted by molar-refractivity contribution is 0.382. The van der Waals surface area contributed by atoms with Crippen LogP contribution in [0.25, 0.3) is 0 Å². The Bertz CT molecular complexity index is 368. The first kappa shape index (κ1) is 7.90. The third-order valence-corrected chi connectivity index (χ3v) is 1.46. The highest BCUT2D eigenvalue weighted by atomic mass is 16.5. The first-order valence-corrected chi connectivity index (χ1v) is 3.82. The predicted molar refractivity (Wildman–Crippen MR) is 40.9 cm³/mol. The van der Waals surface area contributed by atoms with Crippen molar-refractivity contribution in [2.75, 3.05) is 0 Å². The van der Waals surface area contributed by atoms with Gasteiger partial charge in [-0.1, -0.05) is 10.3 Å². The van der Waals surface area contributed by atoms with Crippen LogP contribution in [-0.2, 0) is 6.42 Å². The van der Waals surface area contributed by atoms with Gasteiger partial charge in [0.2, 0.25) is 11.8 Å². The van der Waals surface area contributed by atoms with E-state index in [1.54, 1.807) is 13.8 Å². The van der Waals surface area contributed by atoms with Gasteiger partial charge in [-0.25, -0.2) is 0 Å². The summed E-state index contributed by atoms with van der Waals surface area (Å²) < 4.78 is 9.59. The summed E-state index contributed by atoms with van der Waals surface area (Å²) >= 11 is 0. The van der Waals surface area contributed by atoms with Crippen LogP contribution in [0, 0.1) is 13.8 Å². The van der Waals surface area contributed by atoms with E-state index in [9.17, 15) is 0 Å². The van der Waals surface area contributed by atoms with E-state index in [0.717, 1.165) is 0 Å². The molecule has 0 atom stereocenters. The van der Waals surface area contributed by atoms with E-state index < -0.39 is 0 Å². The van der Waals surface area contributed by atoms with Gasteiger partial charge in [-0.15, -0.1) is 0 Å². The molecular weight excluding hydrogens is 172 g/mol. The molecule has 0 N–H and O–H groups in total. The molecule has 0 amide bonds. The summed E-state index contributed by atoms with van der Waals surface area (Å²) in [7, 11) is 0. The van der Waals surface area contributed by atoms with Crippen LogP contribution in [0.5, 0.6) is 0 Å². The van der Waals surface area contributed by atoms with Gasteiger partial charge in [0.05, 0.1) is 6.42 Å². The fraction of sp³-hybridized carbons (Fsp3) is 0.429. The van der Waals surface area contributed by atoms with Crippen LogP contribution >= 0.6 is 0 Å². The Morgan fingerprint density at radius 2 is 1.38 bits per heavy atom. The number of nitrogens with zero attached hydrogens (tertiary/aromatic N) is 4. The van der Waals surface area contributed by atoms with Crippen molar-refractivity contribution in [1.29, 1.82) is 0 Å². The lowest BCUT2D eigenvalue weighted by Gasteiger charge is -1.82. The number of aryl methyl sites for hydroxylation is 2. The highest BCUT2D eigenvalue weighted by Crippen LogP contribution is 2.02. The maximum absolute atomic E-state index is 4.80. The van der Waals surface area contributed by atoms with E-state index in [1.807, 2.05) is 0 Å². The van der Waals surface area contributed by atoms with Crippen molar-refractivity contribution in [2.24, 2.45) is 0 Å². The summed E-state index contributed by atoms with van der Waals surface area (Å²) in [6.07, 6.45) is 0.439. The van der Waals surface area contributed by atoms with Crippen molar-refractivity contribution >= 4 is 0 Å². The Hall–Kier alpha value is -1.72. The van der Waals surface area contributed by atoms with Crippen LogP contribution in [0.1, 0.15) is 23.4 Å². The average molecular weight is 180 g/mol. The third-order valence-electron chi connectivity index (χ3n) is 1.46. The summed E-state index contributed by atoms with van der Waals surface area (Å²) in [6.45, 7) is 3.47. The zero-order valence-corrected chi connectivity index (χ0v) is 7.31. The number of aromatic nitrogens is 4. The van der Waals surface area contributed by atoms with Crippen LogP contribution < -0.4 is 0 Å². The second-order valence-corrected chi connectivity index (χ2v) is 2.64. The van der Waals surface area contributed by atoms with Crippen LogP contribution in [0.2, 0.25) is 0 Å². The Balaban J connectivity index is 2.14. The van der Waals surface area contributed by atoms with Crippen LogP contribution in [0.3, 0.4) is 0 Å². The highest BCUT2D eigenvalue weighted by molar-refractivity contribution is 4.97. The summed E-state index contributed by atoms with van der Waals surface area (Å²) in [6, 6.07) is 0. The van der Waals surface area contributed by atoms with Crippen LogP contribution in [0.15, 0.2) is 9.05 Å². The largest absolute Gasteiger partial charge is 0.340 e. The monoisotopic (exact) mass is 180 g/mol. The Morgan fingerprint density at radius 3 is 1.69 bits per heavy atom. The lowest BCUT2D eigenvalue weighted by Crippen LogP contribution is -1.93. The fourth-order valence-electron chi connectivity index (χ4n) is 0.968. The van der Waals surface area contributed by atoms with E-state index in [4.69, 9.17) is 9.05 Å². The first-order valence-electron chi connectivity index (χ1n) is 3.82. The summed E-state index contributed by atoms with van der Waals surface area (Å²) in [5.41, 5.74) is 0. The summed E-state index contributed by atoms with van der Waals surface area (Å²) in [4.78, 5) is 8.03. The molecule has 0 unspecified atom stereocenters. The molecule has 0 bridgehead atoms. The van der Waals surface area contributed by atoms with Gasteiger partial charge in [-0.2, -0.15) is 9.97 Å². The Labute approximate surface area is 74.0 Å². The zero-order chi connectivity index (χ0) is 9.26. The maximum atomic E-state index is 4.80. The quantitative estimate of drug-likeness (QED) is 0.675. The summed E-state index contributed by atoms with van der Waals surface area (Å²) in [5, 5.41) is 7.43. The molecule has 0 aliphatic rings. The minimum atomic E-state index is 0.439. The second kappa shape index (κ2) is 2.96. The topological polar surface area (TPSA) is 77.8 Å². The molecule has 0 aromatic carbocycles. The third kappa shape index (κ3) is 1.71. The van der Waals surface area contributed by atoms with Gasteiger partial charge in [-0.3, -0.25) is 0 Å². The number of hydrogen-bond acceptors (Lipinski definition) is 6. The van der Waals surface area contributed by atoms with Gasteiger partial charge in [0.1, 0.15) is 0 Å². The van der Waals surface area contributed by atoms with E-state index >= 15 is 0 Å². The SMILES string of the molecule is Cc1nc(Cc2noc(C)n2)no1. The molecule has 0 saturated carbocycles. The molecule has 0 aliphatic carbocycles. The number of hydrogen-bond donors (Lipinski definition) is 0. The van der Waals surface area contributed by atoms with Crippen molar-refractivity contribution in [2.45, 2.75) is 20.3 Å². The highest BCUT2D eigenvalue weighted by Gasteiger charge is 2.08. The normalized spacial score (nSPS) is 10.6. The number of rotatable bonds is 2. The smallest absolute Gasteiger partial charge is 0.223 e. The molecule has 0 saturated heterocycles. The lowest BCUT2D eigenvalue weighted by atomic mass is 10.4. The van der Waals surface area contributed by atoms with Crippen molar-refractivity contribution in [3.63, 3.8) is 0 Å². The van der Waals surface area contributed by atoms with Crippen LogP contribution in [0.4, 0.5) is 0 Å². The molecule has 0 spiro atoms. The molecule has 0 radical (unpaired) electrons. The summed E-state index contributed by atoms with van der Waals surface area (Å²) in [5.74, 6) is 2.21. The average Bonchev–Trinajstić information content (AvgIpc) is 2.62. The molecule has 6 nitrogen and oxygen atoms in total. The minimum Gasteiger partial charge on any atom is -0.340 e. The molecule has 2 heterocycles. The standard InChI is InChI=1S/C7H8N4O2/c1-4-8-6(10-12-4)3-7-9-5(2)13-11-7/h3H2,1-2H3. The van der Waals surface area contributed by atoms with Crippen molar-refractivity contribution in [3.05, 3.63) is 23.4 Å². The van der Waals surface area contributed by atoms with Gasteiger partial charge in [-0.05, 0) is 0 Å². The van der Waals surface area contributed by atoms with E-state index in [-0.39, 0.29) is 0 Å². The van der Waals surface area contributed by atoms with Crippen molar-refractivity contribution in [3.8, 4) is 0 Å². The predicted octanol–water partition coefficient (Wildman–Crippen LogP) is 0.660. The molecule has 6 heteroatoms. The van der Waals surface area contributed by atoms with E-state index in [1.165, 1.54) is 0 Å². The molecule has 2 aromatic rings. The molecule has 2 rings (SSSR count). The zero-order valence-electron chi connectivity index (χ0n) is 7.31. The fourth-order valence-corrected chi connectivity index (χ4v) is 0.968. The van der Waals surface area contributed by atoms with Gasteiger partial charge < -0.3 is 9.05 Å². The Morgan fingerprint density at radius 1 is 0.923 bits per heavy atom. The van der Waals surface area contributed by atoms with Gasteiger partial charge in [0.15, 0.2) is 11.6 Å². The van der Waals surface area contributed by atoms with Gasteiger partial charge >= 0.3 is 0 Å². The second-order valence-electron chi connectivity index (χ2n) is 2.64. The Kier molecular flexibility index (Phi) is 1.80. The van der Waals surface area contributed by atoms with Gasteiger partial charge in [0.25, 0.3) is 0 Å². The van der Waals surface area contributed by atoms with E-state index in [2.05, 4.69) is 20.3 Å². The first-order chi connectivity index (χ1) is 6.24. The molecule has 0 fully saturated rings. The van der Waals surface area contributed by atoms with Crippen molar-refractivity contribution < 1.29 is 9.05 Å². The van der Waals surface area contributed by atoms with Crippen molar-refractivity contribution in [1.82, 2.24) is 20.3 Å². The molecule has 68 valence electrons. The molecule has 13 heavy (non-hydrogen) atoms. The van der Waals surface area contributed by atoms with Crippen LogP contribution in [-0.4, -0.2) is 20.3 Å². The molecule has 2 aromatic heterocycles. The molecule has 0 aliphatic heterocycles. The van der Waals surface area contributed by atoms with Gasteiger partial charge in [0, 0.05) is 13.8 Å². The minimum absolute atomic E-state index is 0.439.